The van der Waals surface area contributed by atoms with E-state index in [1.165, 1.54) is 28.2 Å². The van der Waals surface area contributed by atoms with Crippen LogP contribution in [0.5, 0.6) is 0 Å². The van der Waals surface area contributed by atoms with E-state index in [0.717, 1.165) is 21.0 Å². The van der Waals surface area contributed by atoms with Crippen LogP contribution < -0.4 is 5.32 Å². The number of benzene rings is 1. The molecule has 0 saturated heterocycles. The standard InChI is InChI=1S/C20H18N4S2/c1-12-10-21-20(25-12)17(14-7-8-14)24-18-15-9-16(13-5-3-2-4-6-13)26-19(15)23-11-22-18/h2-6,9-11,14,17H,7-8H2,1H3,(H,22,23,24)/t17-/m0/s1. The fraction of sp³-hybridized carbons (Fsp3) is 0.250. The maximum absolute atomic E-state index is 4.62. The van der Waals surface area contributed by atoms with E-state index in [0.29, 0.717) is 5.92 Å². The molecule has 1 atom stereocenters. The second kappa shape index (κ2) is 6.45. The fourth-order valence-electron chi connectivity index (χ4n) is 3.19. The lowest BCUT2D eigenvalue weighted by Gasteiger charge is -2.16. The third-order valence-corrected chi connectivity index (χ3v) is 6.77. The molecule has 0 aliphatic heterocycles. The number of thiophene rings is 1. The van der Waals surface area contributed by atoms with E-state index in [4.69, 9.17) is 0 Å². The van der Waals surface area contributed by atoms with Gasteiger partial charge < -0.3 is 5.32 Å². The van der Waals surface area contributed by atoms with Crippen molar-refractivity contribution in [3.05, 3.63) is 58.8 Å². The van der Waals surface area contributed by atoms with Crippen molar-refractivity contribution in [2.45, 2.75) is 25.8 Å². The minimum atomic E-state index is 0.242. The highest BCUT2D eigenvalue weighted by Crippen LogP contribution is 2.45. The summed E-state index contributed by atoms with van der Waals surface area (Å²) in [6.45, 7) is 2.11. The first-order valence-corrected chi connectivity index (χ1v) is 10.4. The molecule has 0 bridgehead atoms. The highest BCUT2D eigenvalue weighted by Gasteiger charge is 2.34. The van der Waals surface area contributed by atoms with Gasteiger partial charge in [-0.15, -0.1) is 22.7 Å². The molecule has 26 heavy (non-hydrogen) atoms. The van der Waals surface area contributed by atoms with Crippen molar-refractivity contribution in [3.63, 3.8) is 0 Å². The van der Waals surface area contributed by atoms with Crippen LogP contribution in [0.2, 0.25) is 0 Å². The molecule has 3 aromatic heterocycles. The van der Waals surface area contributed by atoms with Crippen LogP contribution in [0, 0.1) is 12.8 Å². The Kier molecular flexibility index (Phi) is 3.94. The summed E-state index contributed by atoms with van der Waals surface area (Å²) in [5.74, 6) is 1.57. The number of nitrogens with one attached hydrogen (secondary N) is 1. The largest absolute Gasteiger partial charge is 0.360 e. The van der Waals surface area contributed by atoms with Crippen molar-refractivity contribution in [3.8, 4) is 10.4 Å². The molecule has 1 aromatic carbocycles. The second-order valence-electron chi connectivity index (χ2n) is 6.69. The zero-order valence-electron chi connectivity index (χ0n) is 14.3. The Labute approximate surface area is 160 Å². The molecular formula is C20H18N4S2. The number of hydrogen-bond donors (Lipinski definition) is 1. The number of thiazole rings is 1. The van der Waals surface area contributed by atoms with Gasteiger partial charge >= 0.3 is 0 Å². The van der Waals surface area contributed by atoms with Crippen LogP contribution >= 0.6 is 22.7 Å². The van der Waals surface area contributed by atoms with Crippen molar-refractivity contribution in [2.75, 3.05) is 5.32 Å². The molecular weight excluding hydrogens is 360 g/mol. The van der Waals surface area contributed by atoms with Gasteiger partial charge in [0.25, 0.3) is 0 Å². The Balaban J connectivity index is 1.53. The third kappa shape index (κ3) is 2.99. The molecule has 130 valence electrons. The minimum Gasteiger partial charge on any atom is -0.360 e. The van der Waals surface area contributed by atoms with Gasteiger partial charge in [0.05, 0.1) is 11.4 Å². The smallest absolute Gasteiger partial charge is 0.138 e. The van der Waals surface area contributed by atoms with Crippen LogP contribution in [-0.2, 0) is 0 Å². The Bertz CT molecular complexity index is 1050. The van der Waals surface area contributed by atoms with Crippen LogP contribution in [0.3, 0.4) is 0 Å². The van der Waals surface area contributed by atoms with E-state index in [2.05, 4.69) is 57.5 Å². The molecule has 3 heterocycles. The average Bonchev–Trinajstić information content (AvgIpc) is 3.26. The van der Waals surface area contributed by atoms with Gasteiger partial charge in [0.1, 0.15) is 22.0 Å². The first-order valence-electron chi connectivity index (χ1n) is 8.77. The topological polar surface area (TPSA) is 50.7 Å². The number of hydrogen-bond acceptors (Lipinski definition) is 6. The lowest BCUT2D eigenvalue weighted by molar-refractivity contribution is 0.671. The summed E-state index contributed by atoms with van der Waals surface area (Å²) < 4.78 is 0. The third-order valence-electron chi connectivity index (χ3n) is 4.68. The van der Waals surface area contributed by atoms with E-state index in [9.17, 15) is 0 Å². The van der Waals surface area contributed by atoms with Gasteiger partial charge in [0, 0.05) is 16.0 Å². The number of anilines is 1. The Hall–Kier alpha value is -2.31. The van der Waals surface area contributed by atoms with Gasteiger partial charge in [-0.05, 0) is 37.3 Å². The Morgan fingerprint density at radius 1 is 1.08 bits per heavy atom. The predicted octanol–water partition coefficient (Wildman–Crippen LogP) is 5.69. The molecule has 0 amide bonds. The van der Waals surface area contributed by atoms with Crippen molar-refractivity contribution in [1.82, 2.24) is 15.0 Å². The predicted molar refractivity (Wildman–Crippen MR) is 109 cm³/mol. The van der Waals surface area contributed by atoms with E-state index in [1.807, 2.05) is 12.3 Å². The molecule has 1 aliphatic carbocycles. The number of aromatic nitrogens is 3. The molecule has 1 saturated carbocycles. The van der Waals surface area contributed by atoms with Crippen LogP contribution in [-0.4, -0.2) is 15.0 Å². The summed E-state index contributed by atoms with van der Waals surface area (Å²) in [7, 11) is 0. The number of aryl methyl sites for hydroxylation is 1. The normalized spacial score (nSPS) is 15.3. The summed E-state index contributed by atoms with van der Waals surface area (Å²) in [5, 5.41) is 5.94. The lowest BCUT2D eigenvalue weighted by Crippen LogP contribution is -2.13. The Morgan fingerprint density at radius 2 is 1.92 bits per heavy atom. The maximum Gasteiger partial charge on any atom is 0.138 e. The van der Waals surface area contributed by atoms with E-state index in [1.54, 1.807) is 29.0 Å². The summed E-state index contributed by atoms with van der Waals surface area (Å²) in [6.07, 6.45) is 6.13. The zero-order chi connectivity index (χ0) is 17.5. The molecule has 1 fully saturated rings. The average molecular weight is 379 g/mol. The molecule has 1 N–H and O–H groups in total. The molecule has 0 unspecified atom stereocenters. The van der Waals surface area contributed by atoms with Gasteiger partial charge in [-0.25, -0.2) is 15.0 Å². The summed E-state index contributed by atoms with van der Waals surface area (Å²) >= 11 is 3.49. The van der Waals surface area contributed by atoms with E-state index < -0.39 is 0 Å². The fourth-order valence-corrected chi connectivity index (χ4v) is 5.11. The molecule has 1 aliphatic rings. The highest BCUT2D eigenvalue weighted by atomic mass is 32.1. The molecule has 6 heteroatoms. The van der Waals surface area contributed by atoms with Crippen molar-refractivity contribution >= 4 is 38.7 Å². The number of rotatable bonds is 5. The van der Waals surface area contributed by atoms with Gasteiger partial charge in [0.15, 0.2) is 0 Å². The highest BCUT2D eigenvalue weighted by molar-refractivity contribution is 7.21. The second-order valence-corrected chi connectivity index (χ2v) is 8.98. The minimum absolute atomic E-state index is 0.242. The molecule has 5 rings (SSSR count). The number of fused-ring (bicyclic) bond motifs is 1. The molecule has 0 radical (unpaired) electrons. The van der Waals surface area contributed by atoms with E-state index in [-0.39, 0.29) is 6.04 Å². The van der Waals surface area contributed by atoms with Gasteiger partial charge in [0.2, 0.25) is 0 Å². The first kappa shape index (κ1) is 15.9. The van der Waals surface area contributed by atoms with Crippen LogP contribution in [0.25, 0.3) is 20.7 Å². The van der Waals surface area contributed by atoms with E-state index >= 15 is 0 Å². The molecule has 4 nitrogen and oxygen atoms in total. The van der Waals surface area contributed by atoms with Crippen LogP contribution in [0.15, 0.2) is 48.9 Å². The van der Waals surface area contributed by atoms with Crippen LogP contribution in [0.1, 0.15) is 28.8 Å². The monoisotopic (exact) mass is 378 g/mol. The lowest BCUT2D eigenvalue weighted by atomic mass is 10.1. The first-order chi connectivity index (χ1) is 12.8. The van der Waals surface area contributed by atoms with Gasteiger partial charge in [-0.2, -0.15) is 0 Å². The zero-order valence-corrected chi connectivity index (χ0v) is 16.0. The Morgan fingerprint density at radius 3 is 2.65 bits per heavy atom. The van der Waals surface area contributed by atoms with Crippen molar-refractivity contribution in [1.29, 1.82) is 0 Å². The summed E-state index contributed by atoms with van der Waals surface area (Å²) in [4.78, 5) is 17.2. The van der Waals surface area contributed by atoms with Crippen molar-refractivity contribution in [2.24, 2.45) is 5.92 Å². The van der Waals surface area contributed by atoms with Crippen molar-refractivity contribution < 1.29 is 0 Å². The van der Waals surface area contributed by atoms with Crippen LogP contribution in [0.4, 0.5) is 5.82 Å². The molecule has 4 aromatic rings. The quantitative estimate of drug-likeness (QED) is 0.485. The SMILES string of the molecule is Cc1cnc([C@@H](Nc2ncnc3sc(-c4ccccc4)cc23)C2CC2)s1. The number of nitrogens with zero attached hydrogens (tertiary/aromatic N) is 3. The summed E-state index contributed by atoms with van der Waals surface area (Å²) in [5.41, 5.74) is 1.22. The van der Waals surface area contributed by atoms with Gasteiger partial charge in [-0.3, -0.25) is 0 Å². The van der Waals surface area contributed by atoms with Gasteiger partial charge in [-0.1, -0.05) is 30.3 Å². The maximum atomic E-state index is 4.62. The molecule has 0 spiro atoms. The summed E-state index contributed by atoms with van der Waals surface area (Å²) in [6, 6.07) is 12.9.